The molecule has 0 spiro atoms. The van der Waals surface area contributed by atoms with Crippen LogP contribution in [0.3, 0.4) is 0 Å². The van der Waals surface area contributed by atoms with E-state index in [1.54, 1.807) is 0 Å². The monoisotopic (exact) mass is 281 g/mol. The quantitative estimate of drug-likeness (QED) is 0.917. The number of alkyl halides is 3. The summed E-state index contributed by atoms with van der Waals surface area (Å²) < 4.78 is 38.0. The van der Waals surface area contributed by atoms with Crippen LogP contribution in [0, 0.1) is 22.7 Å². The van der Waals surface area contributed by atoms with Crippen molar-refractivity contribution in [1.29, 1.82) is 5.26 Å². The van der Waals surface area contributed by atoms with Crippen molar-refractivity contribution in [3.63, 3.8) is 0 Å². The molecular formula is C14H14F3N3. The molecule has 1 aromatic rings. The van der Waals surface area contributed by atoms with Crippen LogP contribution in [0.1, 0.15) is 36.9 Å². The molecule has 0 bridgehead atoms. The molecule has 6 heteroatoms. The molecule has 0 amide bonds. The minimum Gasteiger partial charge on any atom is -0.368 e. The van der Waals surface area contributed by atoms with E-state index in [1.807, 2.05) is 6.07 Å². The van der Waals surface area contributed by atoms with Gasteiger partial charge in [-0.2, -0.15) is 18.4 Å². The number of hydrogen-bond acceptors (Lipinski definition) is 3. The first-order valence-corrected chi connectivity index (χ1v) is 6.67. The molecule has 0 aliphatic heterocycles. The largest absolute Gasteiger partial charge is 0.433 e. The molecular weight excluding hydrogens is 267 g/mol. The van der Waals surface area contributed by atoms with Gasteiger partial charge in [0, 0.05) is 6.54 Å². The third-order valence-electron chi connectivity index (χ3n) is 4.25. The molecule has 106 valence electrons. The Morgan fingerprint density at radius 3 is 2.55 bits per heavy atom. The van der Waals surface area contributed by atoms with Gasteiger partial charge in [-0.05, 0) is 49.1 Å². The van der Waals surface area contributed by atoms with Crippen LogP contribution in [-0.2, 0) is 6.18 Å². The predicted molar refractivity (Wildman–Crippen MR) is 66.8 cm³/mol. The second-order valence-corrected chi connectivity index (χ2v) is 5.69. The van der Waals surface area contributed by atoms with Crippen molar-refractivity contribution in [2.45, 2.75) is 31.9 Å². The molecule has 3 rings (SSSR count). The van der Waals surface area contributed by atoms with Gasteiger partial charge in [-0.25, -0.2) is 4.98 Å². The Bertz CT molecular complexity index is 566. The van der Waals surface area contributed by atoms with Gasteiger partial charge in [-0.3, -0.25) is 0 Å². The van der Waals surface area contributed by atoms with Crippen LogP contribution in [0.15, 0.2) is 12.1 Å². The van der Waals surface area contributed by atoms with Crippen LogP contribution in [0.5, 0.6) is 0 Å². The summed E-state index contributed by atoms with van der Waals surface area (Å²) >= 11 is 0. The lowest BCUT2D eigenvalue weighted by molar-refractivity contribution is -0.141. The van der Waals surface area contributed by atoms with Crippen LogP contribution < -0.4 is 5.32 Å². The van der Waals surface area contributed by atoms with E-state index < -0.39 is 11.9 Å². The fourth-order valence-corrected chi connectivity index (χ4v) is 2.69. The molecule has 0 unspecified atom stereocenters. The standard InChI is InChI=1S/C14H14F3N3/c15-14(16,17)11-4-1-9(7-18)12(20-11)19-8-13(5-6-13)10-2-3-10/h1,4,10H,2-3,5-6,8H2,(H,19,20). The van der Waals surface area contributed by atoms with Gasteiger partial charge in [-0.15, -0.1) is 0 Å². The van der Waals surface area contributed by atoms with Crippen LogP contribution in [-0.4, -0.2) is 11.5 Å². The third-order valence-corrected chi connectivity index (χ3v) is 4.25. The number of aromatic nitrogens is 1. The summed E-state index contributed by atoms with van der Waals surface area (Å²) in [7, 11) is 0. The Hall–Kier alpha value is -1.77. The van der Waals surface area contributed by atoms with Crippen LogP contribution in [0.2, 0.25) is 0 Å². The van der Waals surface area contributed by atoms with E-state index in [2.05, 4.69) is 10.3 Å². The predicted octanol–water partition coefficient (Wildman–Crippen LogP) is 3.57. The van der Waals surface area contributed by atoms with Crippen molar-refractivity contribution < 1.29 is 13.2 Å². The highest BCUT2D eigenvalue weighted by atomic mass is 19.4. The zero-order valence-electron chi connectivity index (χ0n) is 10.8. The van der Waals surface area contributed by atoms with E-state index in [1.165, 1.54) is 18.9 Å². The Kier molecular flexibility index (Phi) is 2.89. The van der Waals surface area contributed by atoms with E-state index in [-0.39, 0.29) is 16.8 Å². The smallest absolute Gasteiger partial charge is 0.368 e. The van der Waals surface area contributed by atoms with E-state index in [0.29, 0.717) is 12.5 Å². The van der Waals surface area contributed by atoms with Crippen molar-refractivity contribution in [1.82, 2.24) is 4.98 Å². The normalized spacial score (nSPS) is 20.3. The molecule has 2 fully saturated rings. The molecule has 2 saturated carbocycles. The van der Waals surface area contributed by atoms with Crippen molar-refractivity contribution in [3.05, 3.63) is 23.4 Å². The lowest BCUT2D eigenvalue weighted by Crippen LogP contribution is -2.19. The first-order chi connectivity index (χ1) is 9.44. The number of pyridine rings is 1. The Labute approximate surface area is 114 Å². The molecule has 2 aliphatic rings. The summed E-state index contributed by atoms with van der Waals surface area (Å²) in [6.07, 6.45) is 0.167. The van der Waals surface area contributed by atoms with Gasteiger partial charge in [0.15, 0.2) is 0 Å². The average molecular weight is 281 g/mol. The first kappa shape index (κ1) is 13.2. The zero-order chi connectivity index (χ0) is 14.4. The van der Waals surface area contributed by atoms with Gasteiger partial charge in [-0.1, -0.05) is 0 Å². The zero-order valence-corrected chi connectivity index (χ0v) is 10.8. The number of nitrogens with zero attached hydrogens (tertiary/aromatic N) is 2. The SMILES string of the molecule is N#Cc1ccc(C(F)(F)F)nc1NCC1(C2CC2)CC1. The fourth-order valence-electron chi connectivity index (χ4n) is 2.69. The number of anilines is 1. The summed E-state index contributed by atoms with van der Waals surface area (Å²) in [5.74, 6) is 0.751. The van der Waals surface area contributed by atoms with Gasteiger partial charge < -0.3 is 5.32 Å². The van der Waals surface area contributed by atoms with Crippen LogP contribution in [0.4, 0.5) is 19.0 Å². The van der Waals surface area contributed by atoms with Crippen molar-refractivity contribution >= 4 is 5.82 Å². The van der Waals surface area contributed by atoms with E-state index >= 15 is 0 Å². The topological polar surface area (TPSA) is 48.7 Å². The Morgan fingerprint density at radius 2 is 2.05 bits per heavy atom. The molecule has 3 nitrogen and oxygen atoms in total. The molecule has 1 aromatic heterocycles. The summed E-state index contributed by atoms with van der Waals surface area (Å²) in [5.41, 5.74) is -0.567. The highest BCUT2D eigenvalue weighted by Gasteiger charge is 2.53. The van der Waals surface area contributed by atoms with E-state index in [9.17, 15) is 13.2 Å². The van der Waals surface area contributed by atoms with E-state index in [0.717, 1.165) is 18.9 Å². The number of halogens is 3. The van der Waals surface area contributed by atoms with Crippen LogP contribution >= 0.6 is 0 Å². The van der Waals surface area contributed by atoms with Gasteiger partial charge in [0.1, 0.15) is 17.6 Å². The second kappa shape index (κ2) is 4.37. The summed E-state index contributed by atoms with van der Waals surface area (Å²) in [5, 5.41) is 11.9. The maximum Gasteiger partial charge on any atom is 0.433 e. The molecule has 20 heavy (non-hydrogen) atoms. The van der Waals surface area contributed by atoms with Gasteiger partial charge in [0.2, 0.25) is 0 Å². The maximum absolute atomic E-state index is 12.7. The lowest BCUT2D eigenvalue weighted by atomic mass is 10.0. The van der Waals surface area contributed by atoms with Gasteiger partial charge in [0.25, 0.3) is 0 Å². The molecule has 1 heterocycles. The van der Waals surface area contributed by atoms with Gasteiger partial charge >= 0.3 is 6.18 Å². The molecule has 0 aromatic carbocycles. The highest BCUT2D eigenvalue weighted by Crippen LogP contribution is 2.61. The first-order valence-electron chi connectivity index (χ1n) is 6.67. The number of nitrogens with one attached hydrogen (secondary N) is 1. The Morgan fingerprint density at radius 1 is 1.35 bits per heavy atom. The van der Waals surface area contributed by atoms with Crippen LogP contribution in [0.25, 0.3) is 0 Å². The van der Waals surface area contributed by atoms with Crippen molar-refractivity contribution in [2.24, 2.45) is 11.3 Å². The fraction of sp³-hybridized carbons (Fsp3) is 0.571. The number of rotatable bonds is 4. The highest BCUT2D eigenvalue weighted by molar-refractivity contribution is 5.52. The van der Waals surface area contributed by atoms with Gasteiger partial charge in [0.05, 0.1) is 5.56 Å². The third kappa shape index (κ3) is 2.45. The molecule has 2 aliphatic carbocycles. The summed E-state index contributed by atoms with van der Waals surface area (Å²) in [6.45, 7) is 0.612. The maximum atomic E-state index is 12.7. The molecule has 1 N–H and O–H groups in total. The lowest BCUT2D eigenvalue weighted by Gasteiger charge is -2.17. The van der Waals surface area contributed by atoms with E-state index in [4.69, 9.17) is 5.26 Å². The molecule has 0 saturated heterocycles. The minimum absolute atomic E-state index is 0.0502. The summed E-state index contributed by atoms with van der Waals surface area (Å²) in [4.78, 5) is 3.57. The molecule has 0 radical (unpaired) electrons. The number of nitriles is 1. The van der Waals surface area contributed by atoms with Crippen molar-refractivity contribution in [3.8, 4) is 6.07 Å². The molecule has 0 atom stereocenters. The Balaban J connectivity index is 1.78. The second-order valence-electron chi connectivity index (χ2n) is 5.69. The average Bonchev–Trinajstić information content (AvgIpc) is 3.27. The minimum atomic E-state index is -4.49. The summed E-state index contributed by atoms with van der Waals surface area (Å²) in [6, 6.07) is 3.90. The van der Waals surface area contributed by atoms with Crippen molar-refractivity contribution in [2.75, 3.05) is 11.9 Å². The number of hydrogen-bond donors (Lipinski definition) is 1.